The average molecular weight is 443 g/mol. The van der Waals surface area contributed by atoms with Gasteiger partial charge in [-0.15, -0.1) is 0 Å². The Morgan fingerprint density at radius 3 is 2.20 bits per heavy atom. The van der Waals surface area contributed by atoms with E-state index in [1.165, 1.54) is 7.11 Å². The molecule has 0 aliphatic carbocycles. The third-order valence-corrected chi connectivity index (χ3v) is 4.52. The number of rotatable bonds is 6. The van der Waals surface area contributed by atoms with E-state index in [1.54, 1.807) is 67.9 Å². The molecule has 1 heterocycles. The number of halogens is 1. The summed E-state index contributed by atoms with van der Waals surface area (Å²) in [5, 5.41) is 9.68. The largest absolute Gasteiger partial charge is 0.495 e. The third-order valence-electron chi connectivity index (χ3n) is 4.02. The molecule has 3 N–H and O–H groups in total. The quantitative estimate of drug-likeness (QED) is 0.472. The van der Waals surface area contributed by atoms with Crippen LogP contribution in [0.3, 0.4) is 0 Å². The number of amides is 1. The zero-order valence-electron chi connectivity index (χ0n) is 16.2. The fraction of sp³-hybridized carbons (Fsp3) is 0.0952. The number of pyridine rings is 1. The predicted octanol–water partition coefficient (Wildman–Crippen LogP) is 4.81. The number of hydrogen-bond donors (Lipinski definition) is 3. The molecule has 0 saturated heterocycles. The van der Waals surface area contributed by atoms with E-state index < -0.39 is 0 Å². The van der Waals surface area contributed by atoms with Gasteiger partial charge in [0.1, 0.15) is 17.2 Å². The first-order valence-corrected chi connectivity index (χ1v) is 9.60. The van der Waals surface area contributed by atoms with Crippen molar-refractivity contribution in [3.63, 3.8) is 0 Å². The van der Waals surface area contributed by atoms with Crippen LogP contribution in [-0.4, -0.2) is 30.2 Å². The smallest absolute Gasteiger partial charge is 0.274 e. The highest BCUT2D eigenvalue weighted by molar-refractivity contribution is 7.80. The normalized spacial score (nSPS) is 10.1. The minimum Gasteiger partial charge on any atom is -0.495 e. The monoisotopic (exact) mass is 442 g/mol. The number of ether oxygens (including phenoxy) is 2. The van der Waals surface area contributed by atoms with Crippen molar-refractivity contribution >= 4 is 51.9 Å². The van der Waals surface area contributed by atoms with Gasteiger partial charge in [-0.3, -0.25) is 9.78 Å². The molecule has 1 aromatic heterocycles. The number of nitrogens with one attached hydrogen (secondary N) is 3. The highest BCUT2D eigenvalue weighted by atomic mass is 35.5. The lowest BCUT2D eigenvalue weighted by Gasteiger charge is -2.15. The molecule has 0 radical (unpaired) electrons. The number of aromatic nitrogens is 1. The lowest BCUT2D eigenvalue weighted by Crippen LogP contribution is -2.19. The Hall–Kier alpha value is -3.36. The molecular formula is C21H19ClN4O3S. The van der Waals surface area contributed by atoms with Crippen LogP contribution in [0.5, 0.6) is 11.5 Å². The van der Waals surface area contributed by atoms with Crippen LogP contribution in [0.1, 0.15) is 10.5 Å². The highest BCUT2D eigenvalue weighted by Gasteiger charge is 2.11. The van der Waals surface area contributed by atoms with Gasteiger partial charge in [0.05, 0.1) is 24.9 Å². The maximum atomic E-state index is 12.2. The molecule has 2 aromatic carbocycles. The van der Waals surface area contributed by atoms with E-state index in [1.807, 2.05) is 0 Å². The van der Waals surface area contributed by atoms with E-state index in [-0.39, 0.29) is 5.91 Å². The van der Waals surface area contributed by atoms with Gasteiger partial charge in [-0.25, -0.2) is 0 Å². The van der Waals surface area contributed by atoms with Gasteiger partial charge in [0, 0.05) is 23.6 Å². The first-order valence-electron chi connectivity index (χ1n) is 8.82. The highest BCUT2D eigenvalue weighted by Crippen LogP contribution is 2.36. The van der Waals surface area contributed by atoms with Crippen LogP contribution in [0, 0.1) is 0 Å². The fourth-order valence-electron chi connectivity index (χ4n) is 2.57. The molecular weight excluding hydrogens is 424 g/mol. The molecule has 0 fully saturated rings. The molecule has 154 valence electrons. The maximum absolute atomic E-state index is 12.2. The van der Waals surface area contributed by atoms with Gasteiger partial charge in [0.25, 0.3) is 5.91 Å². The van der Waals surface area contributed by atoms with E-state index in [0.29, 0.717) is 38.7 Å². The van der Waals surface area contributed by atoms with Crippen LogP contribution in [0.15, 0.2) is 60.8 Å². The van der Waals surface area contributed by atoms with Crippen LogP contribution >= 0.6 is 23.8 Å². The van der Waals surface area contributed by atoms with Crippen molar-refractivity contribution < 1.29 is 14.3 Å². The fourth-order valence-corrected chi connectivity index (χ4v) is 3.04. The molecule has 0 unspecified atom stereocenters. The third kappa shape index (κ3) is 5.37. The van der Waals surface area contributed by atoms with E-state index in [0.717, 1.165) is 5.69 Å². The van der Waals surface area contributed by atoms with Gasteiger partial charge >= 0.3 is 0 Å². The molecule has 3 aromatic rings. The van der Waals surface area contributed by atoms with E-state index in [9.17, 15) is 4.79 Å². The first kappa shape index (κ1) is 21.4. The van der Waals surface area contributed by atoms with E-state index in [4.69, 9.17) is 33.3 Å². The number of thiocarbonyl (C=S) groups is 1. The summed E-state index contributed by atoms with van der Waals surface area (Å²) < 4.78 is 10.5. The minimum absolute atomic E-state index is 0.281. The maximum Gasteiger partial charge on any atom is 0.274 e. The second-order valence-corrected chi connectivity index (χ2v) is 6.83. The lowest BCUT2D eigenvalue weighted by molar-refractivity contribution is 0.102. The second kappa shape index (κ2) is 9.91. The molecule has 3 rings (SSSR count). The Labute approximate surface area is 184 Å². The molecule has 7 nitrogen and oxygen atoms in total. The Kier molecular flexibility index (Phi) is 7.05. The summed E-state index contributed by atoms with van der Waals surface area (Å²) in [7, 11) is 3.07. The number of carbonyl (C=O) groups excluding carboxylic acids is 1. The standard InChI is InChI=1S/C21H19ClN4O3S/c1-28-18-12-19(29-2)17(11-15(18)22)26-21(30)25-14-8-6-13(7-9-14)24-20(27)16-5-3-4-10-23-16/h3-12H,1-2H3,(H,24,27)(H2,25,26,30). The van der Waals surface area contributed by atoms with E-state index in [2.05, 4.69) is 20.9 Å². The van der Waals surface area contributed by atoms with E-state index >= 15 is 0 Å². The first-order chi connectivity index (χ1) is 14.5. The van der Waals surface area contributed by atoms with Crippen molar-refractivity contribution in [1.82, 2.24) is 4.98 Å². The summed E-state index contributed by atoms with van der Waals surface area (Å²) in [6.07, 6.45) is 1.57. The predicted molar refractivity (Wildman–Crippen MR) is 123 cm³/mol. The SMILES string of the molecule is COc1cc(OC)c(NC(=S)Nc2ccc(NC(=O)c3ccccn3)cc2)cc1Cl. The number of hydrogen-bond acceptors (Lipinski definition) is 5. The zero-order valence-corrected chi connectivity index (χ0v) is 17.8. The summed E-state index contributed by atoms with van der Waals surface area (Å²) in [4.78, 5) is 16.2. The van der Waals surface area contributed by atoms with Gasteiger partial charge in [-0.05, 0) is 54.7 Å². The van der Waals surface area contributed by atoms with Gasteiger partial charge in [0.15, 0.2) is 5.11 Å². The molecule has 0 aliphatic heterocycles. The number of methoxy groups -OCH3 is 2. The van der Waals surface area contributed by atoms with Crippen LogP contribution in [0.25, 0.3) is 0 Å². The van der Waals surface area contributed by atoms with Gasteiger partial charge < -0.3 is 25.4 Å². The van der Waals surface area contributed by atoms with Crippen molar-refractivity contribution in [2.45, 2.75) is 0 Å². The van der Waals surface area contributed by atoms with Crippen LogP contribution in [-0.2, 0) is 0 Å². The van der Waals surface area contributed by atoms with Gasteiger partial charge in [0.2, 0.25) is 0 Å². The Bertz CT molecular complexity index is 1050. The van der Waals surface area contributed by atoms with Gasteiger partial charge in [-0.2, -0.15) is 0 Å². The minimum atomic E-state index is -0.281. The molecule has 0 aliphatic rings. The van der Waals surface area contributed by atoms with Crippen molar-refractivity contribution in [2.75, 3.05) is 30.2 Å². The number of benzene rings is 2. The van der Waals surface area contributed by atoms with Crippen LogP contribution in [0.2, 0.25) is 5.02 Å². The number of anilines is 3. The summed E-state index contributed by atoms with van der Waals surface area (Å²) in [5.41, 5.74) is 2.32. The van der Waals surface area contributed by atoms with Crippen molar-refractivity contribution in [1.29, 1.82) is 0 Å². The number of nitrogens with zero attached hydrogens (tertiary/aromatic N) is 1. The average Bonchev–Trinajstić information content (AvgIpc) is 2.76. The van der Waals surface area contributed by atoms with Crippen LogP contribution in [0.4, 0.5) is 17.1 Å². The molecule has 30 heavy (non-hydrogen) atoms. The summed E-state index contributed by atoms with van der Waals surface area (Å²) in [6.45, 7) is 0. The molecule has 0 saturated carbocycles. The molecule has 0 spiro atoms. The topological polar surface area (TPSA) is 84.5 Å². The van der Waals surface area contributed by atoms with Crippen molar-refractivity contribution in [2.24, 2.45) is 0 Å². The Morgan fingerprint density at radius 1 is 0.933 bits per heavy atom. The van der Waals surface area contributed by atoms with Crippen molar-refractivity contribution in [3.8, 4) is 11.5 Å². The summed E-state index contributed by atoms with van der Waals surface area (Å²) in [5.74, 6) is 0.756. The van der Waals surface area contributed by atoms with Crippen LogP contribution < -0.4 is 25.4 Å². The Morgan fingerprint density at radius 2 is 1.60 bits per heavy atom. The second-order valence-electron chi connectivity index (χ2n) is 6.01. The molecule has 1 amide bonds. The van der Waals surface area contributed by atoms with Crippen molar-refractivity contribution in [3.05, 3.63) is 71.5 Å². The van der Waals surface area contributed by atoms with Gasteiger partial charge in [-0.1, -0.05) is 17.7 Å². The molecule has 0 bridgehead atoms. The number of carbonyl (C=O) groups is 1. The molecule has 9 heteroatoms. The zero-order chi connectivity index (χ0) is 21.5. The molecule has 0 atom stereocenters. The lowest BCUT2D eigenvalue weighted by atomic mass is 10.2. The summed E-state index contributed by atoms with van der Waals surface area (Å²) >= 11 is 11.5. The Balaban J connectivity index is 1.62. The summed E-state index contributed by atoms with van der Waals surface area (Å²) in [6, 6.07) is 15.6.